The van der Waals surface area contributed by atoms with E-state index in [-0.39, 0.29) is 18.0 Å². The van der Waals surface area contributed by atoms with E-state index >= 15 is 0 Å². The van der Waals surface area contributed by atoms with Gasteiger partial charge in [-0.05, 0) is 30.3 Å². The molecule has 0 radical (unpaired) electrons. The highest BCUT2D eigenvalue weighted by molar-refractivity contribution is 7.95. The number of aromatic nitrogens is 4. The fraction of sp³-hybridized carbons (Fsp3) is 0.143. The molecule has 0 unspecified atom stereocenters. The molecule has 0 aliphatic heterocycles. The Hall–Kier alpha value is -3.12. The molecule has 0 saturated heterocycles. The second kappa shape index (κ2) is 10.7. The monoisotopic (exact) mass is 502 g/mol. The summed E-state index contributed by atoms with van der Waals surface area (Å²) in [6, 6.07) is 13.6. The smallest absolute Gasteiger partial charge is 0.261 e. The van der Waals surface area contributed by atoms with Crippen LogP contribution in [-0.2, 0) is 6.54 Å². The van der Waals surface area contributed by atoms with Gasteiger partial charge in [-0.2, -0.15) is 0 Å². The standard InChI is InChI=1S/C21H19ClN6O3S2/c22-19-7-6-18(33-19)21(30)24-12-14-13-28(26-25-14)16-5-4-15(11-17(16)31-32-10-8-23)27-9-2-1-3-20(27)29/h1-7,9,11,13H,8,10,12,23H2,(H,24,30). The Kier molecular flexibility index (Phi) is 7.45. The number of rotatable bonds is 9. The average molecular weight is 503 g/mol. The first-order valence-corrected chi connectivity index (χ1v) is 11.9. The number of pyridine rings is 1. The van der Waals surface area contributed by atoms with Gasteiger partial charge in [-0.1, -0.05) is 22.9 Å². The Balaban J connectivity index is 1.56. The van der Waals surface area contributed by atoms with Crippen LogP contribution in [0, 0.1) is 0 Å². The molecule has 0 atom stereocenters. The summed E-state index contributed by atoms with van der Waals surface area (Å²) in [5.74, 6) is 0.854. The molecule has 0 aliphatic carbocycles. The van der Waals surface area contributed by atoms with Gasteiger partial charge in [0.2, 0.25) is 0 Å². The summed E-state index contributed by atoms with van der Waals surface area (Å²) in [4.78, 5) is 25.0. The molecule has 1 aromatic carbocycles. The van der Waals surface area contributed by atoms with Crippen molar-refractivity contribution in [3.63, 3.8) is 0 Å². The minimum Gasteiger partial charge on any atom is -0.423 e. The van der Waals surface area contributed by atoms with Crippen LogP contribution in [0.3, 0.4) is 0 Å². The summed E-state index contributed by atoms with van der Waals surface area (Å²) in [6.45, 7) is 0.657. The van der Waals surface area contributed by atoms with Gasteiger partial charge in [0, 0.05) is 30.6 Å². The maximum absolute atomic E-state index is 12.2. The number of halogens is 1. The van der Waals surface area contributed by atoms with Crippen LogP contribution in [-0.4, -0.2) is 37.8 Å². The summed E-state index contributed by atoms with van der Waals surface area (Å²) in [5.41, 5.74) is 7.26. The minimum atomic E-state index is -0.235. The molecule has 3 heterocycles. The Morgan fingerprint density at radius 2 is 2.12 bits per heavy atom. The third-order valence-corrected chi connectivity index (χ3v) is 6.34. The maximum Gasteiger partial charge on any atom is 0.261 e. The van der Waals surface area contributed by atoms with E-state index in [0.29, 0.717) is 44.3 Å². The normalized spacial score (nSPS) is 10.8. The molecule has 1 amide bonds. The van der Waals surface area contributed by atoms with Gasteiger partial charge in [0.05, 0.1) is 39.7 Å². The predicted molar refractivity (Wildman–Crippen MR) is 130 cm³/mol. The number of carbonyl (C=O) groups is 1. The van der Waals surface area contributed by atoms with Gasteiger partial charge in [0.1, 0.15) is 11.4 Å². The van der Waals surface area contributed by atoms with Crippen molar-refractivity contribution in [3.8, 4) is 17.1 Å². The maximum atomic E-state index is 12.2. The molecule has 0 bridgehead atoms. The van der Waals surface area contributed by atoms with E-state index in [1.54, 1.807) is 59.5 Å². The van der Waals surface area contributed by atoms with Crippen molar-refractivity contribution in [1.29, 1.82) is 0 Å². The van der Waals surface area contributed by atoms with E-state index in [0.717, 1.165) is 0 Å². The third-order valence-electron chi connectivity index (χ3n) is 4.41. The summed E-state index contributed by atoms with van der Waals surface area (Å²) >= 11 is 8.29. The van der Waals surface area contributed by atoms with Crippen molar-refractivity contribution in [2.75, 3.05) is 12.3 Å². The summed E-state index contributed by atoms with van der Waals surface area (Å²) in [7, 11) is 0. The molecule has 0 aliphatic rings. The summed E-state index contributed by atoms with van der Waals surface area (Å²) in [6.07, 6.45) is 3.39. The highest BCUT2D eigenvalue weighted by Crippen LogP contribution is 2.28. The topological polar surface area (TPSA) is 117 Å². The number of thiophene rings is 1. The zero-order valence-electron chi connectivity index (χ0n) is 17.2. The molecule has 0 fully saturated rings. The van der Waals surface area contributed by atoms with Crippen LogP contribution in [0.1, 0.15) is 15.4 Å². The third kappa shape index (κ3) is 5.63. The van der Waals surface area contributed by atoms with Gasteiger partial charge in [0.25, 0.3) is 11.5 Å². The molecule has 170 valence electrons. The lowest BCUT2D eigenvalue weighted by Gasteiger charge is -2.12. The van der Waals surface area contributed by atoms with Crippen LogP contribution in [0.4, 0.5) is 0 Å². The zero-order valence-corrected chi connectivity index (χ0v) is 19.6. The molecule has 33 heavy (non-hydrogen) atoms. The van der Waals surface area contributed by atoms with Crippen molar-refractivity contribution in [3.05, 3.63) is 86.2 Å². The van der Waals surface area contributed by atoms with E-state index in [1.165, 1.54) is 34.0 Å². The van der Waals surface area contributed by atoms with Crippen molar-refractivity contribution in [2.45, 2.75) is 6.54 Å². The number of nitrogens with two attached hydrogens (primary N) is 1. The van der Waals surface area contributed by atoms with Gasteiger partial charge in [-0.25, -0.2) is 4.68 Å². The molecule has 0 spiro atoms. The van der Waals surface area contributed by atoms with E-state index in [2.05, 4.69) is 15.6 Å². The average Bonchev–Trinajstić information content (AvgIpc) is 3.47. The van der Waals surface area contributed by atoms with Crippen LogP contribution in [0.5, 0.6) is 5.75 Å². The largest absolute Gasteiger partial charge is 0.423 e. The summed E-state index contributed by atoms with van der Waals surface area (Å²) < 4.78 is 9.47. The van der Waals surface area contributed by atoms with Gasteiger partial charge in [-0.15, -0.1) is 16.4 Å². The number of hydrogen-bond donors (Lipinski definition) is 2. The lowest BCUT2D eigenvalue weighted by molar-refractivity contribution is 0.0954. The first kappa shape index (κ1) is 23.1. The van der Waals surface area contributed by atoms with Crippen LogP contribution in [0.15, 0.2) is 65.7 Å². The van der Waals surface area contributed by atoms with Gasteiger partial charge >= 0.3 is 0 Å². The van der Waals surface area contributed by atoms with Crippen LogP contribution >= 0.6 is 35.0 Å². The number of benzene rings is 1. The number of carbonyl (C=O) groups excluding carboxylic acids is 1. The van der Waals surface area contributed by atoms with Crippen LogP contribution < -0.4 is 20.8 Å². The molecule has 4 aromatic rings. The molecule has 4 rings (SSSR count). The highest BCUT2D eigenvalue weighted by Gasteiger charge is 2.14. The molecule has 3 aromatic heterocycles. The molecule has 12 heteroatoms. The molecular formula is C21H19ClN6O3S2. The van der Waals surface area contributed by atoms with E-state index in [1.807, 2.05) is 0 Å². The lowest BCUT2D eigenvalue weighted by Crippen LogP contribution is -2.21. The number of hydrogen-bond acceptors (Lipinski definition) is 8. The Morgan fingerprint density at radius 3 is 2.88 bits per heavy atom. The number of nitrogens with one attached hydrogen (secondary N) is 1. The predicted octanol–water partition coefficient (Wildman–Crippen LogP) is 3.05. The second-order valence-corrected chi connectivity index (χ2v) is 9.22. The van der Waals surface area contributed by atoms with Gasteiger partial charge in [-0.3, -0.25) is 14.2 Å². The van der Waals surface area contributed by atoms with Crippen molar-refractivity contribution in [1.82, 2.24) is 24.9 Å². The zero-order chi connectivity index (χ0) is 23.2. The lowest BCUT2D eigenvalue weighted by atomic mass is 10.2. The van der Waals surface area contributed by atoms with Gasteiger partial charge in [0.15, 0.2) is 5.75 Å². The van der Waals surface area contributed by atoms with E-state index in [9.17, 15) is 9.59 Å². The van der Waals surface area contributed by atoms with Crippen LogP contribution in [0.25, 0.3) is 11.4 Å². The quantitative estimate of drug-likeness (QED) is 0.267. The SMILES string of the molecule is NCCSOc1cc(-n2ccccc2=O)ccc1-n1cc(CNC(=O)c2ccc(Cl)s2)nn1. The van der Waals surface area contributed by atoms with E-state index < -0.39 is 0 Å². The first-order chi connectivity index (χ1) is 16.0. The van der Waals surface area contributed by atoms with Crippen molar-refractivity contribution < 1.29 is 8.98 Å². The van der Waals surface area contributed by atoms with E-state index in [4.69, 9.17) is 21.5 Å². The number of nitrogens with zero attached hydrogens (tertiary/aromatic N) is 4. The Bertz CT molecular complexity index is 1320. The number of amides is 1. The fourth-order valence-electron chi connectivity index (χ4n) is 2.89. The molecule has 3 N–H and O–H groups in total. The van der Waals surface area contributed by atoms with Gasteiger partial charge < -0.3 is 15.2 Å². The Labute approximate surface area is 202 Å². The minimum absolute atomic E-state index is 0.156. The fourth-order valence-corrected chi connectivity index (χ4v) is 4.29. The Morgan fingerprint density at radius 1 is 1.24 bits per heavy atom. The first-order valence-electron chi connectivity index (χ1n) is 9.82. The molecule has 0 saturated carbocycles. The van der Waals surface area contributed by atoms with Crippen LogP contribution in [0.2, 0.25) is 4.34 Å². The van der Waals surface area contributed by atoms with Crippen molar-refractivity contribution >= 4 is 40.9 Å². The summed E-state index contributed by atoms with van der Waals surface area (Å²) in [5, 5.41) is 11.1. The highest BCUT2D eigenvalue weighted by atomic mass is 35.5. The van der Waals surface area contributed by atoms with Crippen molar-refractivity contribution in [2.24, 2.45) is 5.73 Å². The molecule has 9 nitrogen and oxygen atoms in total. The second-order valence-electron chi connectivity index (χ2n) is 6.70. The molecular weight excluding hydrogens is 484 g/mol.